The minimum Gasteiger partial charge on any atom is -0.497 e. The Hall–Kier alpha value is -1.92. The van der Waals surface area contributed by atoms with Crippen molar-refractivity contribution < 1.29 is 14.6 Å². The van der Waals surface area contributed by atoms with Gasteiger partial charge in [0.05, 0.1) is 30.3 Å². The second kappa shape index (κ2) is 7.77. The van der Waals surface area contributed by atoms with Crippen LogP contribution in [0.2, 0.25) is 0 Å². The first kappa shape index (κ1) is 18.4. The number of ether oxygens (including phenoxy) is 1. The molecule has 2 N–H and O–H groups in total. The highest BCUT2D eigenvalue weighted by atomic mass is 32.1. The van der Waals surface area contributed by atoms with Gasteiger partial charge in [0, 0.05) is 17.3 Å². The lowest BCUT2D eigenvalue weighted by atomic mass is 9.98. The number of thiazole rings is 1. The summed E-state index contributed by atoms with van der Waals surface area (Å²) in [5.74, 6) is 0.585. The molecule has 1 atom stereocenters. The normalized spacial score (nSPS) is 12.7. The van der Waals surface area contributed by atoms with E-state index in [4.69, 9.17) is 4.74 Å². The molecule has 1 heterocycles. The molecule has 0 saturated heterocycles. The fourth-order valence-corrected chi connectivity index (χ4v) is 3.02. The highest BCUT2D eigenvalue weighted by Gasteiger charge is 2.19. The molecule has 1 aromatic heterocycles. The Morgan fingerprint density at radius 1 is 1.33 bits per heavy atom. The summed E-state index contributed by atoms with van der Waals surface area (Å²) in [6, 6.07) is 7.13. The second-order valence-corrected chi connectivity index (χ2v) is 7.52. The third kappa shape index (κ3) is 5.04. The number of aliphatic hydroxyl groups excluding tert-OH is 1. The second-order valence-electron chi connectivity index (χ2n) is 6.66. The monoisotopic (exact) mass is 348 g/mol. The fourth-order valence-electron chi connectivity index (χ4n) is 2.11. The average molecular weight is 348 g/mol. The third-order valence-electron chi connectivity index (χ3n) is 3.53. The summed E-state index contributed by atoms with van der Waals surface area (Å²) in [6.07, 6.45) is -0.525. The summed E-state index contributed by atoms with van der Waals surface area (Å²) in [4.78, 5) is 16.5. The van der Waals surface area contributed by atoms with Gasteiger partial charge in [-0.05, 0) is 17.7 Å². The van der Waals surface area contributed by atoms with Crippen molar-refractivity contribution in [3.63, 3.8) is 0 Å². The van der Waals surface area contributed by atoms with Crippen LogP contribution in [0.3, 0.4) is 0 Å². The Balaban J connectivity index is 1.85. The van der Waals surface area contributed by atoms with Gasteiger partial charge in [0.1, 0.15) is 5.75 Å². The number of methoxy groups -OCH3 is 1. The summed E-state index contributed by atoms with van der Waals surface area (Å²) in [5.41, 5.74) is 1.49. The Bertz CT molecular complexity index is 674. The molecule has 1 aromatic carbocycles. The molecular formula is C18H24N2O3S. The molecule has 0 aliphatic carbocycles. The van der Waals surface area contributed by atoms with Gasteiger partial charge in [-0.3, -0.25) is 4.79 Å². The maximum Gasteiger partial charge on any atom is 0.226 e. The Morgan fingerprint density at radius 2 is 2.00 bits per heavy atom. The van der Waals surface area contributed by atoms with Gasteiger partial charge in [-0.15, -0.1) is 11.3 Å². The predicted molar refractivity (Wildman–Crippen MR) is 95.5 cm³/mol. The van der Waals surface area contributed by atoms with Crippen LogP contribution in [0, 0.1) is 0 Å². The van der Waals surface area contributed by atoms with E-state index >= 15 is 0 Å². The van der Waals surface area contributed by atoms with Crippen molar-refractivity contribution >= 4 is 17.2 Å². The molecule has 24 heavy (non-hydrogen) atoms. The molecule has 0 radical (unpaired) electrons. The summed E-state index contributed by atoms with van der Waals surface area (Å²) >= 11 is 1.57. The number of hydrogen-bond acceptors (Lipinski definition) is 5. The molecular weight excluding hydrogens is 324 g/mol. The molecule has 0 unspecified atom stereocenters. The first-order valence-corrected chi connectivity index (χ1v) is 8.71. The van der Waals surface area contributed by atoms with E-state index in [0.717, 1.165) is 22.0 Å². The predicted octanol–water partition coefficient (Wildman–Crippen LogP) is 2.84. The number of aliphatic hydroxyl groups is 1. The van der Waals surface area contributed by atoms with E-state index in [1.807, 2.05) is 5.38 Å². The number of rotatable bonds is 6. The molecule has 6 heteroatoms. The van der Waals surface area contributed by atoms with E-state index < -0.39 is 6.10 Å². The van der Waals surface area contributed by atoms with E-state index in [-0.39, 0.29) is 24.3 Å². The molecule has 0 aliphatic heterocycles. The highest BCUT2D eigenvalue weighted by molar-refractivity contribution is 7.09. The van der Waals surface area contributed by atoms with Crippen LogP contribution >= 0.6 is 11.3 Å². The topological polar surface area (TPSA) is 71.5 Å². The number of benzene rings is 1. The summed E-state index contributed by atoms with van der Waals surface area (Å²) in [5, 5.41) is 15.8. The lowest BCUT2D eigenvalue weighted by molar-refractivity contribution is -0.120. The van der Waals surface area contributed by atoms with Gasteiger partial charge in [-0.1, -0.05) is 32.9 Å². The van der Waals surface area contributed by atoms with Crippen molar-refractivity contribution in [3.8, 4) is 5.75 Å². The zero-order chi connectivity index (χ0) is 17.7. The van der Waals surface area contributed by atoms with Crippen LogP contribution in [0.1, 0.15) is 43.1 Å². The van der Waals surface area contributed by atoms with Crippen LogP contribution < -0.4 is 10.1 Å². The summed E-state index contributed by atoms with van der Waals surface area (Å²) < 4.78 is 5.08. The molecule has 2 rings (SSSR count). The number of carbonyl (C=O) groups excluding carboxylic acids is 1. The molecule has 2 aromatic rings. The maximum atomic E-state index is 12.0. The van der Waals surface area contributed by atoms with Crippen molar-refractivity contribution in [3.05, 3.63) is 45.9 Å². The SMILES string of the molecule is COc1ccc([C@H](O)CNC(=O)Cc2csc(C(C)(C)C)n2)cc1. The number of carbonyl (C=O) groups is 1. The van der Waals surface area contributed by atoms with Crippen LogP contribution in [-0.4, -0.2) is 29.7 Å². The number of nitrogens with one attached hydrogen (secondary N) is 1. The van der Waals surface area contributed by atoms with E-state index in [9.17, 15) is 9.90 Å². The number of aromatic nitrogens is 1. The Kier molecular flexibility index (Phi) is 5.96. The van der Waals surface area contributed by atoms with Gasteiger partial charge in [-0.2, -0.15) is 0 Å². The van der Waals surface area contributed by atoms with Crippen LogP contribution in [-0.2, 0) is 16.6 Å². The van der Waals surface area contributed by atoms with E-state index in [0.29, 0.717) is 0 Å². The van der Waals surface area contributed by atoms with E-state index in [1.165, 1.54) is 0 Å². The van der Waals surface area contributed by atoms with Gasteiger partial charge in [0.15, 0.2) is 0 Å². The van der Waals surface area contributed by atoms with Crippen LogP contribution in [0.15, 0.2) is 29.6 Å². The number of nitrogens with zero attached hydrogens (tertiary/aromatic N) is 1. The zero-order valence-electron chi connectivity index (χ0n) is 14.5. The largest absolute Gasteiger partial charge is 0.497 e. The van der Waals surface area contributed by atoms with Gasteiger partial charge in [0.25, 0.3) is 0 Å². The lowest BCUT2D eigenvalue weighted by Crippen LogP contribution is -2.29. The molecule has 5 nitrogen and oxygen atoms in total. The van der Waals surface area contributed by atoms with Gasteiger partial charge >= 0.3 is 0 Å². The van der Waals surface area contributed by atoms with Crippen LogP contribution in [0.4, 0.5) is 0 Å². The summed E-state index contributed by atoms with van der Waals surface area (Å²) in [7, 11) is 1.59. The lowest BCUT2D eigenvalue weighted by Gasteiger charge is -2.14. The molecule has 0 bridgehead atoms. The molecule has 1 amide bonds. The minimum atomic E-state index is -0.750. The molecule has 0 aliphatic rings. The van der Waals surface area contributed by atoms with Gasteiger partial charge < -0.3 is 15.2 Å². The van der Waals surface area contributed by atoms with Crippen molar-refractivity contribution in [2.75, 3.05) is 13.7 Å². The fraction of sp³-hybridized carbons (Fsp3) is 0.444. The smallest absolute Gasteiger partial charge is 0.226 e. The standard InChI is InChI=1S/C18H24N2O3S/c1-18(2,3)17-20-13(11-24-17)9-16(22)19-10-15(21)12-5-7-14(23-4)8-6-12/h5-8,11,15,21H,9-10H2,1-4H3,(H,19,22)/t15-/m1/s1. The van der Waals surface area contributed by atoms with Crippen molar-refractivity contribution in [1.29, 1.82) is 0 Å². The molecule has 0 fully saturated rings. The molecule has 130 valence electrons. The van der Waals surface area contributed by atoms with Crippen LogP contribution in [0.5, 0.6) is 5.75 Å². The Labute approximate surface area is 146 Å². The van der Waals surface area contributed by atoms with Crippen molar-refractivity contribution in [2.24, 2.45) is 0 Å². The first-order valence-electron chi connectivity index (χ1n) is 7.83. The van der Waals surface area contributed by atoms with Crippen LogP contribution in [0.25, 0.3) is 0 Å². The maximum absolute atomic E-state index is 12.0. The average Bonchev–Trinajstić information content (AvgIpc) is 3.01. The van der Waals surface area contributed by atoms with Crippen molar-refractivity contribution in [1.82, 2.24) is 10.3 Å². The zero-order valence-corrected chi connectivity index (χ0v) is 15.3. The Morgan fingerprint density at radius 3 is 2.54 bits per heavy atom. The number of amides is 1. The van der Waals surface area contributed by atoms with Gasteiger partial charge in [0.2, 0.25) is 5.91 Å². The van der Waals surface area contributed by atoms with E-state index in [2.05, 4.69) is 31.1 Å². The highest BCUT2D eigenvalue weighted by Crippen LogP contribution is 2.25. The van der Waals surface area contributed by atoms with E-state index in [1.54, 1.807) is 42.7 Å². The minimum absolute atomic E-state index is 0.00997. The molecule has 0 spiro atoms. The first-order chi connectivity index (χ1) is 11.3. The number of hydrogen-bond donors (Lipinski definition) is 2. The molecule has 0 saturated carbocycles. The quantitative estimate of drug-likeness (QED) is 0.842. The van der Waals surface area contributed by atoms with Gasteiger partial charge in [-0.25, -0.2) is 4.98 Å². The summed E-state index contributed by atoms with van der Waals surface area (Å²) in [6.45, 7) is 6.46. The van der Waals surface area contributed by atoms with Crippen molar-refractivity contribution in [2.45, 2.75) is 38.7 Å². The third-order valence-corrected chi connectivity index (χ3v) is 4.85.